The summed E-state index contributed by atoms with van der Waals surface area (Å²) in [7, 11) is 0.369. The van der Waals surface area contributed by atoms with Crippen LogP contribution in [0.15, 0.2) is 35.2 Å². The minimum Gasteiger partial charge on any atom is -0.497 e. The molecular weight excluding hydrogens is 290 g/mol. The quantitative estimate of drug-likeness (QED) is 0.882. The summed E-state index contributed by atoms with van der Waals surface area (Å²) in [6.07, 6.45) is 0. The van der Waals surface area contributed by atoms with Gasteiger partial charge < -0.3 is 10.5 Å². The molecule has 1 heterocycles. The molecule has 0 radical (unpaired) electrons. The summed E-state index contributed by atoms with van der Waals surface area (Å²) in [5, 5.41) is 0. The Morgan fingerprint density at radius 3 is 2.78 bits per heavy atom. The molecule has 1 unspecified atom stereocenters. The van der Waals surface area contributed by atoms with Gasteiger partial charge in [0.05, 0.1) is 32.9 Å². The Morgan fingerprint density at radius 1 is 1.39 bits per heavy atom. The van der Waals surface area contributed by atoms with Gasteiger partial charge in [0.1, 0.15) is 5.75 Å². The highest BCUT2D eigenvalue weighted by Gasteiger charge is 2.11. The largest absolute Gasteiger partial charge is 0.497 e. The Balaban J connectivity index is 2.23. The lowest BCUT2D eigenvalue weighted by Gasteiger charge is -2.07. The molecule has 3 nitrogen and oxygen atoms in total. The average molecular weight is 302 g/mol. The van der Waals surface area contributed by atoms with E-state index in [0.29, 0.717) is 26.4 Å². The average Bonchev–Trinajstić information content (AvgIpc) is 2.75. The fraction of sp³-hybridized carbons (Fsp3) is 0.167. The Kier molecular flexibility index (Phi) is 4.27. The van der Waals surface area contributed by atoms with Crippen LogP contribution in [0, 0.1) is 0 Å². The SMILES string of the molecule is COc1ccc(N)c(S(=O)Cc2ccc(Cl)s2)c1. The van der Waals surface area contributed by atoms with Crippen molar-refractivity contribution >= 4 is 39.4 Å². The molecule has 0 fully saturated rings. The number of nitrogen functional groups attached to an aromatic ring is 1. The highest BCUT2D eigenvalue weighted by molar-refractivity contribution is 7.84. The van der Waals surface area contributed by atoms with Crippen LogP contribution in [0.5, 0.6) is 5.75 Å². The smallest absolute Gasteiger partial charge is 0.120 e. The molecular formula is C12H12ClNO2S2. The third-order valence-electron chi connectivity index (χ3n) is 2.37. The summed E-state index contributed by atoms with van der Waals surface area (Å²) < 4.78 is 18.1. The number of methoxy groups -OCH3 is 1. The van der Waals surface area contributed by atoms with Crippen LogP contribution in [0.4, 0.5) is 5.69 Å². The maximum absolute atomic E-state index is 12.3. The first-order valence-corrected chi connectivity index (χ1v) is 7.67. The van der Waals surface area contributed by atoms with E-state index in [-0.39, 0.29) is 0 Å². The molecule has 0 amide bonds. The number of halogens is 1. The van der Waals surface area contributed by atoms with Crippen LogP contribution in [-0.2, 0) is 16.6 Å². The van der Waals surface area contributed by atoms with E-state index < -0.39 is 10.8 Å². The molecule has 2 rings (SSSR count). The third-order valence-corrected chi connectivity index (χ3v) is 5.20. The van der Waals surface area contributed by atoms with Gasteiger partial charge in [-0.25, -0.2) is 0 Å². The number of hydrogen-bond acceptors (Lipinski definition) is 4. The Morgan fingerprint density at radius 2 is 2.17 bits per heavy atom. The number of thiophene rings is 1. The minimum absolute atomic E-state index is 0.411. The van der Waals surface area contributed by atoms with Gasteiger partial charge >= 0.3 is 0 Å². The van der Waals surface area contributed by atoms with Crippen LogP contribution in [0.2, 0.25) is 4.34 Å². The van der Waals surface area contributed by atoms with Crippen LogP contribution >= 0.6 is 22.9 Å². The van der Waals surface area contributed by atoms with Crippen LogP contribution in [-0.4, -0.2) is 11.3 Å². The highest BCUT2D eigenvalue weighted by atomic mass is 35.5. The van der Waals surface area contributed by atoms with Gasteiger partial charge in [0, 0.05) is 10.6 Å². The second kappa shape index (κ2) is 5.73. The molecule has 18 heavy (non-hydrogen) atoms. The van der Waals surface area contributed by atoms with Crippen LogP contribution < -0.4 is 10.5 Å². The number of ether oxygens (including phenoxy) is 1. The molecule has 0 aliphatic rings. The molecule has 0 spiro atoms. The fourth-order valence-electron chi connectivity index (χ4n) is 1.48. The van der Waals surface area contributed by atoms with Gasteiger partial charge in [-0.2, -0.15) is 0 Å². The van der Waals surface area contributed by atoms with Crippen LogP contribution in [0.3, 0.4) is 0 Å². The van der Waals surface area contributed by atoms with E-state index in [1.807, 2.05) is 6.07 Å². The second-order valence-corrected chi connectivity index (χ2v) is 6.82. The highest BCUT2D eigenvalue weighted by Crippen LogP contribution is 2.27. The van der Waals surface area contributed by atoms with Crippen molar-refractivity contribution in [3.63, 3.8) is 0 Å². The van der Waals surface area contributed by atoms with Crippen molar-refractivity contribution in [1.82, 2.24) is 0 Å². The van der Waals surface area contributed by atoms with Crippen molar-refractivity contribution in [3.8, 4) is 5.75 Å². The molecule has 6 heteroatoms. The van der Waals surface area contributed by atoms with Gasteiger partial charge in [-0.3, -0.25) is 4.21 Å². The summed E-state index contributed by atoms with van der Waals surface area (Å²) in [5.74, 6) is 1.06. The zero-order valence-electron chi connectivity index (χ0n) is 9.68. The van der Waals surface area contributed by atoms with Crippen molar-refractivity contribution in [2.24, 2.45) is 0 Å². The van der Waals surface area contributed by atoms with Crippen LogP contribution in [0.25, 0.3) is 0 Å². The molecule has 1 aromatic carbocycles. The lowest BCUT2D eigenvalue weighted by molar-refractivity contribution is 0.413. The zero-order valence-corrected chi connectivity index (χ0v) is 12.1. The number of benzene rings is 1. The molecule has 2 aromatic rings. The Labute approximate surface area is 117 Å². The zero-order chi connectivity index (χ0) is 13.1. The molecule has 0 saturated heterocycles. The molecule has 0 aliphatic carbocycles. The van der Waals surface area contributed by atoms with E-state index in [0.717, 1.165) is 4.88 Å². The maximum Gasteiger partial charge on any atom is 0.120 e. The van der Waals surface area contributed by atoms with E-state index >= 15 is 0 Å². The van der Waals surface area contributed by atoms with Crippen LogP contribution in [0.1, 0.15) is 4.88 Å². The summed E-state index contributed by atoms with van der Waals surface area (Å²) >= 11 is 7.27. The van der Waals surface area contributed by atoms with Crippen molar-refractivity contribution in [3.05, 3.63) is 39.5 Å². The van der Waals surface area contributed by atoms with E-state index in [4.69, 9.17) is 22.1 Å². The molecule has 2 N–H and O–H groups in total. The predicted octanol–water partition coefficient (Wildman–Crippen LogP) is 3.30. The topological polar surface area (TPSA) is 52.3 Å². The predicted molar refractivity (Wildman–Crippen MR) is 76.8 cm³/mol. The monoisotopic (exact) mass is 301 g/mol. The maximum atomic E-state index is 12.3. The number of anilines is 1. The Bertz CT molecular complexity index is 583. The standard InChI is InChI=1S/C12H12ClNO2S2/c1-16-8-2-4-10(14)11(6-8)18(15)7-9-3-5-12(13)17-9/h2-6H,7,14H2,1H3. The van der Waals surface area contributed by atoms with Crippen molar-refractivity contribution in [2.45, 2.75) is 10.6 Å². The molecule has 1 atom stereocenters. The van der Waals surface area contributed by atoms with E-state index in [1.165, 1.54) is 11.3 Å². The molecule has 0 bridgehead atoms. The summed E-state index contributed by atoms with van der Waals surface area (Å²) in [5.41, 5.74) is 6.34. The first kappa shape index (κ1) is 13.4. The summed E-state index contributed by atoms with van der Waals surface area (Å²) in [6, 6.07) is 8.83. The fourth-order valence-corrected chi connectivity index (χ4v) is 4.00. The van der Waals surface area contributed by atoms with Crippen molar-refractivity contribution < 1.29 is 8.95 Å². The van der Waals surface area contributed by atoms with Gasteiger partial charge in [-0.05, 0) is 30.3 Å². The van der Waals surface area contributed by atoms with E-state index in [2.05, 4.69) is 0 Å². The normalized spacial score (nSPS) is 12.3. The molecule has 1 aromatic heterocycles. The van der Waals surface area contributed by atoms with Gasteiger partial charge in [0.15, 0.2) is 0 Å². The molecule has 0 aliphatic heterocycles. The van der Waals surface area contributed by atoms with Crippen molar-refractivity contribution in [1.29, 1.82) is 0 Å². The van der Waals surface area contributed by atoms with E-state index in [1.54, 1.807) is 31.4 Å². The van der Waals surface area contributed by atoms with Gasteiger partial charge in [-0.15, -0.1) is 11.3 Å². The lowest BCUT2D eigenvalue weighted by atomic mass is 10.3. The summed E-state index contributed by atoms with van der Waals surface area (Å²) in [6.45, 7) is 0. The number of hydrogen-bond donors (Lipinski definition) is 1. The second-order valence-electron chi connectivity index (χ2n) is 3.60. The minimum atomic E-state index is -1.20. The summed E-state index contributed by atoms with van der Waals surface area (Å²) in [4.78, 5) is 1.57. The first-order chi connectivity index (χ1) is 8.60. The van der Waals surface area contributed by atoms with Gasteiger partial charge in [0.25, 0.3) is 0 Å². The lowest BCUT2D eigenvalue weighted by Crippen LogP contribution is -2.00. The number of rotatable bonds is 4. The van der Waals surface area contributed by atoms with E-state index in [9.17, 15) is 4.21 Å². The number of nitrogens with two attached hydrogens (primary N) is 1. The van der Waals surface area contributed by atoms with Crippen molar-refractivity contribution in [2.75, 3.05) is 12.8 Å². The van der Waals surface area contributed by atoms with Gasteiger partial charge in [-0.1, -0.05) is 11.6 Å². The Hall–Kier alpha value is -1.04. The third kappa shape index (κ3) is 3.04. The molecule has 0 saturated carbocycles. The first-order valence-electron chi connectivity index (χ1n) is 5.16. The molecule has 96 valence electrons. The van der Waals surface area contributed by atoms with Gasteiger partial charge in [0.2, 0.25) is 0 Å².